The smallest absolute Gasteiger partial charge is 0.245 e. The van der Waals surface area contributed by atoms with Crippen LogP contribution in [-0.2, 0) is 4.79 Å². The minimum absolute atomic E-state index is 0.111. The van der Waals surface area contributed by atoms with Gasteiger partial charge in [0.25, 0.3) is 0 Å². The molecule has 0 bridgehead atoms. The highest BCUT2D eigenvalue weighted by Crippen LogP contribution is 2.33. The number of amides is 1. The van der Waals surface area contributed by atoms with Crippen LogP contribution in [0.15, 0.2) is 18.2 Å². The number of carbonyl (C=O) groups excluding carboxylic acids is 1. The summed E-state index contributed by atoms with van der Waals surface area (Å²) in [4.78, 5) is 14.0. The molecule has 4 heteroatoms. The molecule has 1 heterocycles. The van der Waals surface area contributed by atoms with E-state index >= 15 is 0 Å². The summed E-state index contributed by atoms with van der Waals surface area (Å²) in [5.74, 6) is 0.597. The number of nitrogens with two attached hydrogens (primary N) is 1. The fourth-order valence-corrected chi connectivity index (χ4v) is 2.75. The Morgan fingerprint density at radius 2 is 2.00 bits per heavy atom. The summed E-state index contributed by atoms with van der Waals surface area (Å²) in [6.45, 7) is 8.67. The Balaban J connectivity index is 2.20. The number of nitrogens with zero attached hydrogens (tertiary/aromatic N) is 1. The average Bonchev–Trinajstić information content (AvgIpc) is 2.75. The number of anilines is 2. The lowest BCUT2D eigenvalue weighted by molar-refractivity contribution is -0.116. The van der Waals surface area contributed by atoms with Crippen molar-refractivity contribution in [3.8, 4) is 0 Å². The van der Waals surface area contributed by atoms with E-state index in [9.17, 15) is 4.79 Å². The van der Waals surface area contributed by atoms with Crippen molar-refractivity contribution >= 4 is 17.3 Å². The van der Waals surface area contributed by atoms with Gasteiger partial charge in [-0.15, -0.1) is 0 Å². The molecule has 0 saturated carbocycles. The van der Waals surface area contributed by atoms with Crippen molar-refractivity contribution in [2.75, 3.05) is 23.3 Å². The largest absolute Gasteiger partial charge is 0.371 e. The highest BCUT2D eigenvalue weighted by Gasteiger charge is 2.27. The molecule has 1 aliphatic rings. The number of carbonyl (C=O) groups is 1. The summed E-state index contributed by atoms with van der Waals surface area (Å²) in [5.41, 5.74) is 8.77. The first-order valence-corrected chi connectivity index (χ1v) is 7.55. The summed E-state index contributed by atoms with van der Waals surface area (Å²) in [5, 5.41) is 2.86. The van der Waals surface area contributed by atoms with Crippen LogP contribution in [0.4, 0.5) is 11.4 Å². The fraction of sp³-hybridized carbons (Fsp3) is 0.562. The van der Waals surface area contributed by atoms with Crippen molar-refractivity contribution in [3.05, 3.63) is 23.8 Å². The quantitative estimate of drug-likeness (QED) is 0.839. The van der Waals surface area contributed by atoms with Crippen molar-refractivity contribution < 1.29 is 4.79 Å². The Morgan fingerprint density at radius 3 is 2.60 bits per heavy atom. The van der Waals surface area contributed by atoms with E-state index < -0.39 is 6.04 Å². The first kappa shape index (κ1) is 14.9. The Labute approximate surface area is 121 Å². The molecular formula is C16H25N3O. The van der Waals surface area contributed by atoms with E-state index in [0.29, 0.717) is 5.92 Å². The molecule has 0 aromatic heterocycles. The normalized spacial score (nSPS) is 17.2. The lowest BCUT2D eigenvalue weighted by Crippen LogP contribution is -2.29. The van der Waals surface area contributed by atoms with Crippen LogP contribution < -0.4 is 16.0 Å². The highest BCUT2D eigenvalue weighted by atomic mass is 16.2. The molecule has 0 aliphatic carbocycles. The SMILES string of the molecule is CCC(CC)CN(CC)c1ccc2c(c1)NC(=O)C2N. The van der Waals surface area contributed by atoms with Crippen molar-refractivity contribution in [2.24, 2.45) is 11.7 Å². The summed E-state index contributed by atoms with van der Waals surface area (Å²) >= 11 is 0. The zero-order valence-electron chi connectivity index (χ0n) is 12.6. The van der Waals surface area contributed by atoms with Gasteiger partial charge in [-0.3, -0.25) is 4.79 Å². The zero-order chi connectivity index (χ0) is 14.7. The Hall–Kier alpha value is -1.55. The first-order chi connectivity index (χ1) is 9.60. The molecule has 0 saturated heterocycles. The van der Waals surface area contributed by atoms with E-state index in [0.717, 1.165) is 30.0 Å². The van der Waals surface area contributed by atoms with Gasteiger partial charge in [-0.2, -0.15) is 0 Å². The third-order valence-electron chi connectivity index (χ3n) is 4.29. The van der Waals surface area contributed by atoms with Crippen molar-refractivity contribution in [1.29, 1.82) is 0 Å². The highest BCUT2D eigenvalue weighted by molar-refractivity contribution is 6.02. The number of hydrogen-bond donors (Lipinski definition) is 2. The van der Waals surface area contributed by atoms with Crippen LogP contribution in [-0.4, -0.2) is 19.0 Å². The van der Waals surface area contributed by atoms with Crippen LogP contribution in [0.3, 0.4) is 0 Å². The molecule has 1 aliphatic heterocycles. The predicted molar refractivity (Wildman–Crippen MR) is 84.0 cm³/mol. The van der Waals surface area contributed by atoms with Crippen molar-refractivity contribution in [2.45, 2.75) is 39.7 Å². The second-order valence-electron chi connectivity index (χ2n) is 5.46. The molecule has 1 amide bonds. The van der Waals surface area contributed by atoms with Crippen LogP contribution in [0, 0.1) is 5.92 Å². The molecule has 1 unspecified atom stereocenters. The number of benzene rings is 1. The fourth-order valence-electron chi connectivity index (χ4n) is 2.75. The zero-order valence-corrected chi connectivity index (χ0v) is 12.6. The lowest BCUT2D eigenvalue weighted by atomic mass is 10.0. The Bertz CT molecular complexity index is 483. The maximum Gasteiger partial charge on any atom is 0.245 e. The molecule has 0 fully saturated rings. The second kappa shape index (κ2) is 6.27. The number of nitrogens with one attached hydrogen (secondary N) is 1. The van der Waals surface area contributed by atoms with Gasteiger partial charge in [-0.25, -0.2) is 0 Å². The van der Waals surface area contributed by atoms with E-state index in [-0.39, 0.29) is 5.91 Å². The van der Waals surface area contributed by atoms with Crippen LogP contribution in [0.1, 0.15) is 45.2 Å². The summed E-state index contributed by atoms with van der Waals surface area (Å²) in [6, 6.07) is 5.58. The van der Waals surface area contributed by atoms with Gasteiger partial charge in [0, 0.05) is 30.0 Å². The molecule has 110 valence electrons. The lowest BCUT2D eigenvalue weighted by Gasteiger charge is -2.28. The van der Waals surface area contributed by atoms with Crippen molar-refractivity contribution in [3.63, 3.8) is 0 Å². The molecule has 0 radical (unpaired) electrons. The Kier molecular flexibility index (Phi) is 4.65. The van der Waals surface area contributed by atoms with Gasteiger partial charge < -0.3 is 16.0 Å². The van der Waals surface area contributed by atoms with Crippen molar-refractivity contribution in [1.82, 2.24) is 0 Å². The molecule has 3 N–H and O–H groups in total. The van der Waals surface area contributed by atoms with E-state index in [1.54, 1.807) is 0 Å². The summed E-state index contributed by atoms with van der Waals surface area (Å²) < 4.78 is 0. The molecule has 2 rings (SSSR count). The van der Waals surface area contributed by atoms with E-state index in [2.05, 4.69) is 37.1 Å². The summed E-state index contributed by atoms with van der Waals surface area (Å²) in [7, 11) is 0. The van der Waals surface area contributed by atoms with Gasteiger partial charge in [0.15, 0.2) is 0 Å². The minimum atomic E-state index is -0.520. The van der Waals surface area contributed by atoms with Gasteiger partial charge in [-0.1, -0.05) is 32.8 Å². The van der Waals surface area contributed by atoms with Crippen LogP contribution in [0.25, 0.3) is 0 Å². The van der Waals surface area contributed by atoms with Crippen LogP contribution in [0.2, 0.25) is 0 Å². The van der Waals surface area contributed by atoms with Gasteiger partial charge in [0.05, 0.1) is 0 Å². The third-order valence-corrected chi connectivity index (χ3v) is 4.29. The molecular weight excluding hydrogens is 250 g/mol. The van der Waals surface area contributed by atoms with Gasteiger partial charge in [0.2, 0.25) is 5.91 Å². The molecule has 1 aromatic rings. The van der Waals surface area contributed by atoms with E-state index in [1.807, 2.05) is 12.1 Å². The maximum absolute atomic E-state index is 11.6. The maximum atomic E-state index is 11.6. The van der Waals surface area contributed by atoms with E-state index in [1.165, 1.54) is 12.8 Å². The third kappa shape index (κ3) is 2.80. The minimum Gasteiger partial charge on any atom is -0.371 e. The second-order valence-corrected chi connectivity index (χ2v) is 5.46. The molecule has 1 atom stereocenters. The van der Waals surface area contributed by atoms with Crippen LogP contribution >= 0.6 is 0 Å². The topological polar surface area (TPSA) is 58.4 Å². The number of hydrogen-bond acceptors (Lipinski definition) is 3. The molecule has 1 aromatic carbocycles. The van der Waals surface area contributed by atoms with Gasteiger partial charge >= 0.3 is 0 Å². The van der Waals surface area contributed by atoms with E-state index in [4.69, 9.17) is 5.73 Å². The Morgan fingerprint density at radius 1 is 1.30 bits per heavy atom. The van der Waals surface area contributed by atoms with Crippen LogP contribution in [0.5, 0.6) is 0 Å². The predicted octanol–water partition coefficient (Wildman–Crippen LogP) is 2.90. The van der Waals surface area contributed by atoms with Gasteiger partial charge in [0.1, 0.15) is 6.04 Å². The van der Waals surface area contributed by atoms with Gasteiger partial charge in [-0.05, 0) is 25.0 Å². The average molecular weight is 275 g/mol. The molecule has 0 spiro atoms. The molecule has 20 heavy (non-hydrogen) atoms. The summed E-state index contributed by atoms with van der Waals surface area (Å²) in [6.07, 6.45) is 2.39. The molecule has 4 nitrogen and oxygen atoms in total. The first-order valence-electron chi connectivity index (χ1n) is 7.55. The number of fused-ring (bicyclic) bond motifs is 1. The standard InChI is InChI=1S/C16H25N3O/c1-4-11(5-2)10-19(6-3)12-7-8-13-14(9-12)18-16(20)15(13)17/h7-9,11,15H,4-6,10,17H2,1-3H3,(H,18,20). The monoisotopic (exact) mass is 275 g/mol. The number of rotatable bonds is 6.